The molecule has 0 bridgehead atoms. The van der Waals surface area contributed by atoms with Gasteiger partial charge in [0.15, 0.2) is 0 Å². The van der Waals surface area contributed by atoms with Gasteiger partial charge in [0.1, 0.15) is 0 Å². The second-order valence-corrected chi connectivity index (χ2v) is 4.99. The van der Waals surface area contributed by atoms with Gasteiger partial charge in [-0.25, -0.2) is 0 Å². The minimum atomic E-state index is -0.198. The molecule has 1 unspecified atom stereocenters. The van der Waals surface area contributed by atoms with E-state index in [4.69, 9.17) is 5.26 Å². The Labute approximate surface area is 82.7 Å². The summed E-state index contributed by atoms with van der Waals surface area (Å²) in [6, 6.07) is 7.64. The van der Waals surface area contributed by atoms with Crippen LogP contribution in [-0.4, -0.2) is 20.7 Å². The van der Waals surface area contributed by atoms with Crippen LogP contribution in [0.4, 0.5) is 0 Å². The molecule has 0 saturated carbocycles. The van der Waals surface area contributed by atoms with Gasteiger partial charge >= 0.3 is 82.4 Å². The molecule has 1 atom stereocenters. The number of nitriles is 1. The van der Waals surface area contributed by atoms with Crippen LogP contribution in [0.5, 0.6) is 0 Å². The molecule has 64 valence electrons. The average molecular weight is 236 g/mol. The normalized spacial score (nSPS) is 19.6. The van der Waals surface area contributed by atoms with Crippen LogP contribution in [0.15, 0.2) is 24.3 Å². The Hall–Kier alpha value is -1.10. The summed E-state index contributed by atoms with van der Waals surface area (Å²) >= 11 is -0.198. The van der Waals surface area contributed by atoms with E-state index in [9.17, 15) is 4.79 Å². The van der Waals surface area contributed by atoms with Crippen LogP contribution in [0.1, 0.15) is 15.9 Å². The summed E-state index contributed by atoms with van der Waals surface area (Å²) in [7, 11) is 0. The molecule has 3 heteroatoms. The van der Waals surface area contributed by atoms with Crippen LogP contribution in [0.25, 0.3) is 0 Å². The molecule has 0 N–H and O–H groups in total. The first-order valence-electron chi connectivity index (χ1n) is 4.00. The van der Waals surface area contributed by atoms with Gasteiger partial charge in [-0.3, -0.25) is 0 Å². The van der Waals surface area contributed by atoms with E-state index in [0.29, 0.717) is 0 Å². The van der Waals surface area contributed by atoms with Crippen molar-refractivity contribution in [2.75, 3.05) is 0 Å². The number of fused-ring (bicyclic) bond motifs is 1. The van der Waals surface area contributed by atoms with Crippen LogP contribution in [0.2, 0.25) is 4.82 Å². The maximum atomic E-state index is 11.7. The first-order valence-corrected chi connectivity index (χ1v) is 5.84. The minimum absolute atomic E-state index is 0.0325. The molecule has 13 heavy (non-hydrogen) atoms. The van der Waals surface area contributed by atoms with E-state index in [0.717, 1.165) is 17.5 Å². The fraction of sp³-hybridized carbons (Fsp3) is 0.200. The molecule has 0 fully saturated rings. The zero-order chi connectivity index (χ0) is 9.26. The van der Waals surface area contributed by atoms with Gasteiger partial charge in [-0.1, -0.05) is 0 Å². The summed E-state index contributed by atoms with van der Waals surface area (Å²) in [5, 5.41) is 8.55. The van der Waals surface area contributed by atoms with Crippen molar-refractivity contribution in [2.24, 2.45) is 0 Å². The van der Waals surface area contributed by atoms with Gasteiger partial charge < -0.3 is 0 Å². The number of carbonyl (C=O) groups is 1. The number of carbonyl (C=O) groups excluding carboxylic acids is 1. The molecule has 0 radical (unpaired) electrons. The van der Waals surface area contributed by atoms with E-state index >= 15 is 0 Å². The Balaban J connectivity index is 2.34. The molecule has 2 rings (SSSR count). The van der Waals surface area contributed by atoms with Gasteiger partial charge in [-0.2, -0.15) is 0 Å². The summed E-state index contributed by atoms with van der Waals surface area (Å²) in [5.41, 5.74) is 1.93. The molecule has 0 aromatic heterocycles. The molecule has 0 saturated heterocycles. The molecular formula is C10H7NOSe. The number of nitrogens with zero attached hydrogens (tertiary/aromatic N) is 1. The SMILES string of the molecule is N#C[Se]C1Cc2ccccc2C1=O. The molecule has 0 aliphatic heterocycles. The van der Waals surface area contributed by atoms with Crippen molar-refractivity contribution in [1.29, 1.82) is 5.26 Å². The van der Waals surface area contributed by atoms with Gasteiger partial charge in [0.2, 0.25) is 0 Å². The summed E-state index contributed by atoms with van der Waals surface area (Å²) < 4.78 is 0. The topological polar surface area (TPSA) is 40.9 Å². The number of Topliss-reactive ketones (excluding diaryl/α,β-unsaturated/α-hetero) is 1. The van der Waals surface area contributed by atoms with E-state index in [1.165, 1.54) is 0 Å². The van der Waals surface area contributed by atoms with Gasteiger partial charge in [0.05, 0.1) is 0 Å². The summed E-state index contributed by atoms with van der Waals surface area (Å²) in [6.45, 7) is 0. The Morgan fingerprint density at radius 1 is 1.46 bits per heavy atom. The zero-order valence-corrected chi connectivity index (χ0v) is 8.57. The fourth-order valence-corrected chi connectivity index (χ4v) is 2.87. The molecule has 0 spiro atoms. The molecular weight excluding hydrogens is 229 g/mol. The molecule has 1 aromatic carbocycles. The van der Waals surface area contributed by atoms with Crippen molar-refractivity contribution < 1.29 is 4.79 Å². The van der Waals surface area contributed by atoms with Crippen molar-refractivity contribution in [3.05, 3.63) is 35.4 Å². The third-order valence-electron chi connectivity index (χ3n) is 2.18. The van der Waals surface area contributed by atoms with Crippen molar-refractivity contribution in [1.82, 2.24) is 0 Å². The average Bonchev–Trinajstić information content (AvgIpc) is 2.46. The molecule has 1 aromatic rings. The number of hydrogen-bond acceptors (Lipinski definition) is 2. The van der Waals surface area contributed by atoms with E-state index in [1.54, 1.807) is 0 Å². The monoisotopic (exact) mass is 237 g/mol. The van der Waals surface area contributed by atoms with Crippen molar-refractivity contribution >= 4 is 20.7 Å². The van der Waals surface area contributed by atoms with Crippen LogP contribution < -0.4 is 0 Å². The summed E-state index contributed by atoms with van der Waals surface area (Å²) in [5.74, 6) is 0.164. The van der Waals surface area contributed by atoms with Gasteiger partial charge in [0.25, 0.3) is 0 Å². The van der Waals surface area contributed by atoms with Crippen LogP contribution in [-0.2, 0) is 6.42 Å². The molecule has 2 nitrogen and oxygen atoms in total. The standard InChI is InChI=1S/C10H7NOSe/c11-6-13-9-5-7-3-1-2-4-8(7)10(9)12/h1-4,9H,5H2. The molecule has 0 heterocycles. The Morgan fingerprint density at radius 3 is 2.92 bits per heavy atom. The number of rotatable bonds is 1. The Bertz CT molecular complexity index is 394. The van der Waals surface area contributed by atoms with Gasteiger partial charge in [0, 0.05) is 0 Å². The Kier molecular flexibility index (Phi) is 2.18. The molecule has 1 aliphatic rings. The first-order chi connectivity index (χ1) is 6.33. The van der Waals surface area contributed by atoms with Crippen molar-refractivity contribution in [3.63, 3.8) is 0 Å². The third-order valence-corrected chi connectivity index (χ3v) is 3.79. The van der Waals surface area contributed by atoms with Gasteiger partial charge in [-0.05, 0) is 0 Å². The van der Waals surface area contributed by atoms with Gasteiger partial charge in [-0.15, -0.1) is 0 Å². The second-order valence-electron chi connectivity index (χ2n) is 2.92. The third kappa shape index (κ3) is 1.39. The van der Waals surface area contributed by atoms with Crippen LogP contribution in [0, 0.1) is 10.2 Å². The van der Waals surface area contributed by atoms with E-state index in [-0.39, 0.29) is 25.6 Å². The predicted octanol–water partition coefficient (Wildman–Crippen LogP) is 1.40. The second kappa shape index (κ2) is 3.33. The molecule has 0 amide bonds. The number of ketones is 1. The van der Waals surface area contributed by atoms with Crippen molar-refractivity contribution in [2.45, 2.75) is 11.2 Å². The summed E-state index contributed by atoms with van der Waals surface area (Å²) in [6.07, 6.45) is 0.766. The van der Waals surface area contributed by atoms with E-state index in [1.807, 2.05) is 24.3 Å². The quantitative estimate of drug-likeness (QED) is 0.691. The van der Waals surface area contributed by atoms with E-state index < -0.39 is 0 Å². The zero-order valence-electron chi connectivity index (χ0n) is 6.86. The first kappa shape index (κ1) is 8.50. The van der Waals surface area contributed by atoms with Crippen LogP contribution >= 0.6 is 0 Å². The predicted molar refractivity (Wildman–Crippen MR) is 49.6 cm³/mol. The summed E-state index contributed by atoms with van der Waals surface area (Å²) in [4.78, 5) is 13.7. The van der Waals surface area contributed by atoms with Crippen molar-refractivity contribution in [3.8, 4) is 4.97 Å². The van der Waals surface area contributed by atoms with Crippen LogP contribution in [0.3, 0.4) is 0 Å². The number of benzene rings is 1. The maximum absolute atomic E-state index is 11.7. The number of hydrogen-bond donors (Lipinski definition) is 0. The Morgan fingerprint density at radius 2 is 2.23 bits per heavy atom. The molecule has 1 aliphatic carbocycles. The fourth-order valence-electron chi connectivity index (χ4n) is 1.56. The van der Waals surface area contributed by atoms with E-state index in [2.05, 4.69) is 4.97 Å².